The predicted octanol–water partition coefficient (Wildman–Crippen LogP) is 2.89. The molecule has 0 bridgehead atoms. The summed E-state index contributed by atoms with van der Waals surface area (Å²) in [5, 5.41) is 3.19. The molecule has 0 radical (unpaired) electrons. The lowest BCUT2D eigenvalue weighted by Crippen LogP contribution is -2.55. The summed E-state index contributed by atoms with van der Waals surface area (Å²) in [5.41, 5.74) is 0.852. The first kappa shape index (κ1) is 15.8. The van der Waals surface area contributed by atoms with E-state index in [4.69, 9.17) is 13.3 Å². The van der Waals surface area contributed by atoms with Crippen LogP contribution in [-0.2, 0) is 19.9 Å². The van der Waals surface area contributed by atoms with Crippen LogP contribution in [0, 0.1) is 0 Å². The van der Waals surface area contributed by atoms with E-state index in [1.54, 1.807) is 14.2 Å². The molecule has 1 heterocycles. The maximum Gasteiger partial charge on any atom is 0.537 e. The first-order chi connectivity index (χ1) is 11.3. The number of fused-ring (bicyclic) bond motifs is 1. The second kappa shape index (κ2) is 7.02. The van der Waals surface area contributed by atoms with Crippen molar-refractivity contribution in [3.05, 3.63) is 72.6 Å². The summed E-state index contributed by atoms with van der Waals surface area (Å²) in [6.07, 6.45) is 1.86. The van der Waals surface area contributed by atoms with Crippen LogP contribution in [0.4, 0.5) is 0 Å². The molecule has 0 fully saturated rings. The van der Waals surface area contributed by atoms with E-state index >= 15 is 0 Å². The molecule has 0 aliphatic heterocycles. The predicted molar refractivity (Wildman–Crippen MR) is 92.4 cm³/mol. The van der Waals surface area contributed by atoms with Gasteiger partial charge in [0.2, 0.25) is 0 Å². The first-order valence-electron chi connectivity index (χ1n) is 7.41. The fourth-order valence-electron chi connectivity index (χ4n) is 2.54. The van der Waals surface area contributed by atoms with Crippen molar-refractivity contribution in [2.24, 2.45) is 0 Å². The quantitative estimate of drug-likeness (QED) is 0.654. The van der Waals surface area contributed by atoms with Crippen molar-refractivity contribution >= 4 is 24.8 Å². The standard InChI is InChI=1S/C18H19NO3Si/c1-20-23(21-2,18-10-4-3-5-11-18)22-14-17-12-15-8-6-7-9-16(15)13-19-17/h3-13H,14H2,1-2H3. The summed E-state index contributed by atoms with van der Waals surface area (Å²) in [6.45, 7) is 0.341. The molecule has 0 atom stereocenters. The van der Waals surface area contributed by atoms with Crippen molar-refractivity contribution in [1.82, 2.24) is 4.98 Å². The molecule has 4 nitrogen and oxygen atoms in total. The van der Waals surface area contributed by atoms with Gasteiger partial charge < -0.3 is 13.3 Å². The highest BCUT2D eigenvalue weighted by Crippen LogP contribution is 2.16. The summed E-state index contributed by atoms with van der Waals surface area (Å²) in [7, 11) is 0.333. The third-order valence-corrected chi connectivity index (χ3v) is 6.40. The molecule has 3 rings (SSSR count). The van der Waals surface area contributed by atoms with Crippen molar-refractivity contribution in [3.8, 4) is 0 Å². The van der Waals surface area contributed by atoms with E-state index in [1.165, 1.54) is 0 Å². The Kier molecular flexibility index (Phi) is 4.83. The van der Waals surface area contributed by atoms with Gasteiger partial charge in [0, 0.05) is 31.0 Å². The summed E-state index contributed by atoms with van der Waals surface area (Å²) < 4.78 is 17.4. The Bertz CT molecular complexity index is 775. The molecule has 0 amide bonds. The summed E-state index contributed by atoms with van der Waals surface area (Å²) in [6, 6.07) is 19.9. The van der Waals surface area contributed by atoms with E-state index in [9.17, 15) is 0 Å². The Morgan fingerprint density at radius 2 is 1.52 bits per heavy atom. The third kappa shape index (κ3) is 3.33. The minimum Gasteiger partial charge on any atom is -0.373 e. The van der Waals surface area contributed by atoms with Crippen LogP contribution < -0.4 is 5.19 Å². The number of hydrogen-bond acceptors (Lipinski definition) is 4. The van der Waals surface area contributed by atoms with Gasteiger partial charge in [-0.1, -0.05) is 54.6 Å². The molecule has 0 unspecified atom stereocenters. The smallest absolute Gasteiger partial charge is 0.373 e. The van der Waals surface area contributed by atoms with Gasteiger partial charge in [0.1, 0.15) is 0 Å². The molecule has 23 heavy (non-hydrogen) atoms. The highest BCUT2D eigenvalue weighted by atomic mass is 28.4. The Balaban J connectivity index is 1.83. The molecule has 118 valence electrons. The van der Waals surface area contributed by atoms with Crippen LogP contribution in [0.15, 0.2) is 66.9 Å². The number of benzene rings is 2. The van der Waals surface area contributed by atoms with Gasteiger partial charge in [0.05, 0.1) is 12.3 Å². The Morgan fingerprint density at radius 1 is 0.870 bits per heavy atom. The number of rotatable bonds is 6. The largest absolute Gasteiger partial charge is 0.537 e. The molecule has 5 heteroatoms. The molecule has 1 aromatic heterocycles. The molecule has 0 N–H and O–H groups in total. The van der Waals surface area contributed by atoms with Crippen LogP contribution in [0.2, 0.25) is 0 Å². The number of hydrogen-bond donors (Lipinski definition) is 0. The average molecular weight is 325 g/mol. The van der Waals surface area contributed by atoms with E-state index < -0.39 is 8.80 Å². The summed E-state index contributed by atoms with van der Waals surface area (Å²) in [4.78, 5) is 4.46. The first-order valence-corrected chi connectivity index (χ1v) is 9.13. The Morgan fingerprint density at radius 3 is 2.22 bits per heavy atom. The highest BCUT2D eigenvalue weighted by molar-refractivity contribution is 6.75. The van der Waals surface area contributed by atoms with Crippen molar-refractivity contribution in [2.75, 3.05) is 14.2 Å². The molecule has 0 saturated carbocycles. The van der Waals surface area contributed by atoms with Gasteiger partial charge in [-0.25, -0.2) is 0 Å². The number of nitrogens with zero attached hydrogens (tertiary/aromatic N) is 1. The minimum absolute atomic E-state index is 0.341. The Hall–Kier alpha value is -2.05. The number of aromatic nitrogens is 1. The zero-order chi connectivity index (χ0) is 16.1. The van der Waals surface area contributed by atoms with Crippen LogP contribution in [0.1, 0.15) is 5.69 Å². The maximum absolute atomic E-state index is 6.08. The molecule has 0 spiro atoms. The molecular formula is C18H19NO3Si. The normalized spacial score (nSPS) is 11.7. The topological polar surface area (TPSA) is 40.6 Å². The molecule has 3 aromatic rings. The van der Waals surface area contributed by atoms with E-state index in [-0.39, 0.29) is 0 Å². The lowest BCUT2D eigenvalue weighted by atomic mass is 10.1. The van der Waals surface area contributed by atoms with Gasteiger partial charge in [-0.2, -0.15) is 0 Å². The second-order valence-corrected chi connectivity index (χ2v) is 7.94. The fraction of sp³-hybridized carbons (Fsp3) is 0.167. The van der Waals surface area contributed by atoms with Gasteiger partial charge in [0.25, 0.3) is 0 Å². The van der Waals surface area contributed by atoms with Gasteiger partial charge in [-0.15, -0.1) is 0 Å². The highest BCUT2D eigenvalue weighted by Gasteiger charge is 2.41. The van der Waals surface area contributed by atoms with E-state index in [2.05, 4.69) is 11.1 Å². The molecular weight excluding hydrogens is 306 g/mol. The van der Waals surface area contributed by atoms with E-state index in [0.29, 0.717) is 6.61 Å². The second-order valence-electron chi connectivity index (χ2n) is 5.14. The van der Waals surface area contributed by atoms with Gasteiger partial charge in [-0.3, -0.25) is 4.98 Å². The van der Waals surface area contributed by atoms with Crippen LogP contribution >= 0.6 is 0 Å². The van der Waals surface area contributed by atoms with E-state index in [1.807, 2.05) is 60.8 Å². The van der Waals surface area contributed by atoms with Crippen LogP contribution in [-0.4, -0.2) is 28.0 Å². The minimum atomic E-state index is -2.91. The molecule has 0 aliphatic rings. The lowest BCUT2D eigenvalue weighted by molar-refractivity contribution is 0.105. The average Bonchev–Trinajstić information content (AvgIpc) is 2.64. The maximum atomic E-state index is 6.08. The lowest BCUT2D eigenvalue weighted by Gasteiger charge is -2.26. The fourth-order valence-corrected chi connectivity index (χ4v) is 4.52. The van der Waals surface area contributed by atoms with Crippen LogP contribution in [0.3, 0.4) is 0 Å². The van der Waals surface area contributed by atoms with Gasteiger partial charge >= 0.3 is 8.80 Å². The zero-order valence-corrected chi connectivity index (χ0v) is 14.2. The zero-order valence-electron chi connectivity index (χ0n) is 13.2. The van der Waals surface area contributed by atoms with Gasteiger partial charge in [0.15, 0.2) is 0 Å². The van der Waals surface area contributed by atoms with Crippen molar-refractivity contribution in [1.29, 1.82) is 0 Å². The number of pyridine rings is 1. The van der Waals surface area contributed by atoms with Crippen molar-refractivity contribution < 1.29 is 13.3 Å². The molecule has 0 saturated heterocycles. The van der Waals surface area contributed by atoms with Crippen molar-refractivity contribution in [3.63, 3.8) is 0 Å². The van der Waals surface area contributed by atoms with Gasteiger partial charge in [-0.05, 0) is 11.5 Å². The monoisotopic (exact) mass is 325 g/mol. The molecule has 0 aliphatic carbocycles. The SMILES string of the molecule is CO[Si](OC)(OCc1cc2ccccc2cn1)c1ccccc1. The van der Waals surface area contributed by atoms with Crippen LogP contribution in [0.25, 0.3) is 10.8 Å². The third-order valence-electron chi connectivity index (χ3n) is 3.76. The van der Waals surface area contributed by atoms with Crippen LogP contribution in [0.5, 0.6) is 0 Å². The van der Waals surface area contributed by atoms with E-state index in [0.717, 1.165) is 21.7 Å². The van der Waals surface area contributed by atoms with Crippen molar-refractivity contribution in [2.45, 2.75) is 6.61 Å². The summed E-state index contributed by atoms with van der Waals surface area (Å²) in [5.74, 6) is 0. The summed E-state index contributed by atoms with van der Waals surface area (Å²) >= 11 is 0. The Labute approximate surface area is 137 Å². The molecule has 2 aromatic carbocycles.